The Morgan fingerprint density at radius 1 is 1.47 bits per heavy atom. The molecule has 1 fully saturated rings. The molecular formula is C13H18ClFN2. The molecule has 1 aromatic carbocycles. The molecule has 0 atom stereocenters. The molecule has 1 aliphatic carbocycles. The molecule has 17 heavy (non-hydrogen) atoms. The fourth-order valence-electron chi connectivity index (χ4n) is 2.33. The van der Waals surface area contributed by atoms with Crippen molar-refractivity contribution in [1.29, 1.82) is 0 Å². The van der Waals surface area contributed by atoms with E-state index in [1.54, 1.807) is 6.07 Å². The minimum atomic E-state index is -0.469. The number of hydrogen-bond donors (Lipinski definition) is 2. The molecule has 94 valence electrons. The number of nitrogen functional groups attached to an aromatic ring is 1. The van der Waals surface area contributed by atoms with Crippen molar-refractivity contribution >= 4 is 23.0 Å². The van der Waals surface area contributed by atoms with E-state index in [1.165, 1.54) is 25.3 Å². The van der Waals surface area contributed by atoms with Gasteiger partial charge in [-0.1, -0.05) is 24.9 Å². The molecular weight excluding hydrogens is 239 g/mol. The van der Waals surface area contributed by atoms with E-state index >= 15 is 0 Å². The van der Waals surface area contributed by atoms with Crippen molar-refractivity contribution in [1.82, 2.24) is 0 Å². The molecule has 2 rings (SSSR count). The van der Waals surface area contributed by atoms with Crippen LogP contribution in [0, 0.1) is 11.2 Å². The highest BCUT2D eigenvalue weighted by Gasteiger charge is 2.34. The Labute approximate surface area is 106 Å². The minimum Gasteiger partial charge on any atom is -0.397 e. The Hall–Kier alpha value is -0.960. The van der Waals surface area contributed by atoms with Gasteiger partial charge < -0.3 is 11.1 Å². The maximum Gasteiger partial charge on any atom is 0.143 e. The molecule has 0 heterocycles. The summed E-state index contributed by atoms with van der Waals surface area (Å²) in [6.07, 6.45) is 4.97. The predicted molar refractivity (Wildman–Crippen MR) is 70.9 cm³/mol. The summed E-state index contributed by atoms with van der Waals surface area (Å²) in [5.74, 6) is -0.469. The zero-order valence-electron chi connectivity index (χ0n) is 10.0. The molecule has 0 bridgehead atoms. The molecule has 0 amide bonds. The molecule has 3 N–H and O–H groups in total. The molecule has 0 spiro atoms. The molecule has 0 aliphatic heterocycles. The number of halogens is 2. The number of nitrogens with two attached hydrogens (primary N) is 1. The van der Waals surface area contributed by atoms with Crippen molar-refractivity contribution in [3.63, 3.8) is 0 Å². The predicted octanol–water partition coefficient (Wildman–Crippen LogP) is 4.05. The topological polar surface area (TPSA) is 38.0 Å². The Kier molecular flexibility index (Phi) is 3.48. The maximum absolute atomic E-state index is 13.1. The summed E-state index contributed by atoms with van der Waals surface area (Å²) in [5, 5.41) is 3.41. The lowest BCUT2D eigenvalue weighted by atomic mass is 9.67. The van der Waals surface area contributed by atoms with Gasteiger partial charge in [-0.15, -0.1) is 0 Å². The van der Waals surface area contributed by atoms with E-state index in [1.807, 2.05) is 0 Å². The molecule has 0 radical (unpaired) electrons. The average Bonchev–Trinajstić information content (AvgIpc) is 2.24. The van der Waals surface area contributed by atoms with E-state index in [9.17, 15) is 4.39 Å². The van der Waals surface area contributed by atoms with Crippen LogP contribution in [0.25, 0.3) is 0 Å². The Bertz CT molecular complexity index is 411. The minimum absolute atomic E-state index is 0.112. The van der Waals surface area contributed by atoms with Gasteiger partial charge in [0.25, 0.3) is 0 Å². The number of rotatable bonds is 4. The van der Waals surface area contributed by atoms with Gasteiger partial charge in [0.1, 0.15) is 5.82 Å². The van der Waals surface area contributed by atoms with Gasteiger partial charge in [-0.25, -0.2) is 4.39 Å². The monoisotopic (exact) mass is 256 g/mol. The van der Waals surface area contributed by atoms with Gasteiger partial charge in [-0.3, -0.25) is 0 Å². The zero-order chi connectivity index (χ0) is 12.5. The van der Waals surface area contributed by atoms with E-state index in [4.69, 9.17) is 17.3 Å². The highest BCUT2D eigenvalue weighted by Crippen LogP contribution is 2.44. The Morgan fingerprint density at radius 2 is 2.18 bits per heavy atom. The molecule has 2 nitrogen and oxygen atoms in total. The van der Waals surface area contributed by atoms with Crippen molar-refractivity contribution in [2.75, 3.05) is 17.6 Å². The van der Waals surface area contributed by atoms with Crippen LogP contribution in [0.5, 0.6) is 0 Å². The molecule has 1 aliphatic rings. The van der Waals surface area contributed by atoms with Gasteiger partial charge in [-0.2, -0.15) is 0 Å². The zero-order valence-corrected chi connectivity index (χ0v) is 10.8. The van der Waals surface area contributed by atoms with Crippen LogP contribution < -0.4 is 11.1 Å². The third-order valence-electron chi connectivity index (χ3n) is 3.91. The van der Waals surface area contributed by atoms with Gasteiger partial charge in [0.15, 0.2) is 0 Å². The van der Waals surface area contributed by atoms with Crippen molar-refractivity contribution < 1.29 is 4.39 Å². The van der Waals surface area contributed by atoms with Crippen LogP contribution in [-0.4, -0.2) is 6.54 Å². The van der Waals surface area contributed by atoms with Gasteiger partial charge in [-0.05, 0) is 30.7 Å². The average molecular weight is 257 g/mol. The first-order valence-electron chi connectivity index (χ1n) is 6.05. The molecule has 4 heteroatoms. The first kappa shape index (κ1) is 12.5. The van der Waals surface area contributed by atoms with Crippen LogP contribution in [0.2, 0.25) is 5.02 Å². The van der Waals surface area contributed by atoms with E-state index in [0.717, 1.165) is 18.7 Å². The number of nitrogens with one attached hydrogen (secondary N) is 1. The maximum atomic E-state index is 13.1. The lowest BCUT2D eigenvalue weighted by Crippen LogP contribution is -2.36. The van der Waals surface area contributed by atoms with Crippen LogP contribution in [0.15, 0.2) is 12.1 Å². The van der Waals surface area contributed by atoms with Crippen molar-refractivity contribution in [3.05, 3.63) is 23.0 Å². The van der Waals surface area contributed by atoms with Crippen LogP contribution >= 0.6 is 11.6 Å². The van der Waals surface area contributed by atoms with Crippen molar-refractivity contribution in [2.24, 2.45) is 5.41 Å². The third kappa shape index (κ3) is 2.49. The molecule has 0 aromatic heterocycles. The lowest BCUT2D eigenvalue weighted by Gasteiger charge is -2.41. The van der Waals surface area contributed by atoms with E-state index in [-0.39, 0.29) is 5.02 Å². The van der Waals surface area contributed by atoms with Crippen LogP contribution in [-0.2, 0) is 0 Å². The normalized spacial score (nSPS) is 17.6. The lowest BCUT2D eigenvalue weighted by molar-refractivity contribution is 0.145. The third-order valence-corrected chi connectivity index (χ3v) is 4.20. The fourth-order valence-corrected chi connectivity index (χ4v) is 2.49. The molecule has 1 aromatic rings. The Balaban J connectivity index is 2.06. The first-order chi connectivity index (χ1) is 8.06. The second-order valence-electron chi connectivity index (χ2n) is 4.91. The quantitative estimate of drug-likeness (QED) is 0.798. The summed E-state index contributed by atoms with van der Waals surface area (Å²) in [4.78, 5) is 0. The highest BCUT2D eigenvalue weighted by molar-refractivity contribution is 6.31. The molecule has 0 saturated heterocycles. The molecule has 0 unspecified atom stereocenters. The summed E-state index contributed by atoms with van der Waals surface area (Å²) in [5.41, 5.74) is 7.30. The Morgan fingerprint density at radius 3 is 2.71 bits per heavy atom. The van der Waals surface area contributed by atoms with Crippen LogP contribution in [0.1, 0.15) is 32.6 Å². The summed E-state index contributed by atoms with van der Waals surface area (Å²) in [6.45, 7) is 3.09. The van der Waals surface area contributed by atoms with E-state index in [0.29, 0.717) is 11.1 Å². The smallest absolute Gasteiger partial charge is 0.143 e. The summed E-state index contributed by atoms with van der Waals surface area (Å²) < 4.78 is 13.1. The SMILES string of the molecule is CCC1(CNc2cc(Cl)c(F)cc2N)CCC1. The van der Waals surface area contributed by atoms with E-state index < -0.39 is 5.82 Å². The largest absolute Gasteiger partial charge is 0.397 e. The highest BCUT2D eigenvalue weighted by atomic mass is 35.5. The second-order valence-corrected chi connectivity index (χ2v) is 5.32. The second kappa shape index (κ2) is 4.73. The van der Waals surface area contributed by atoms with Gasteiger partial charge >= 0.3 is 0 Å². The van der Waals surface area contributed by atoms with Gasteiger partial charge in [0.05, 0.1) is 16.4 Å². The summed E-state index contributed by atoms with van der Waals surface area (Å²) in [6, 6.07) is 2.83. The van der Waals surface area contributed by atoms with E-state index in [2.05, 4.69) is 12.2 Å². The number of benzene rings is 1. The van der Waals surface area contributed by atoms with Crippen molar-refractivity contribution in [3.8, 4) is 0 Å². The summed E-state index contributed by atoms with van der Waals surface area (Å²) >= 11 is 5.75. The van der Waals surface area contributed by atoms with Crippen molar-refractivity contribution in [2.45, 2.75) is 32.6 Å². The summed E-state index contributed by atoms with van der Waals surface area (Å²) in [7, 11) is 0. The molecule has 1 saturated carbocycles. The van der Waals surface area contributed by atoms with Gasteiger partial charge in [0, 0.05) is 12.6 Å². The number of hydrogen-bond acceptors (Lipinski definition) is 2. The van der Waals surface area contributed by atoms with Crippen LogP contribution in [0.4, 0.5) is 15.8 Å². The van der Waals surface area contributed by atoms with Gasteiger partial charge in [0.2, 0.25) is 0 Å². The number of anilines is 2. The standard InChI is InChI=1S/C13H18ClFN2/c1-2-13(4-3-5-13)8-17-12-6-9(14)10(15)7-11(12)16/h6-7,17H,2-5,8,16H2,1H3. The fraction of sp³-hybridized carbons (Fsp3) is 0.538. The first-order valence-corrected chi connectivity index (χ1v) is 6.42. The van der Waals surface area contributed by atoms with Crippen LogP contribution in [0.3, 0.4) is 0 Å².